The van der Waals surface area contributed by atoms with Crippen molar-refractivity contribution in [3.63, 3.8) is 0 Å². The first-order valence-corrected chi connectivity index (χ1v) is 12.2. The van der Waals surface area contributed by atoms with Gasteiger partial charge in [-0.15, -0.1) is 0 Å². The van der Waals surface area contributed by atoms with Crippen molar-refractivity contribution in [1.82, 2.24) is 9.80 Å². The number of benzene rings is 3. The van der Waals surface area contributed by atoms with E-state index in [0.29, 0.717) is 23.2 Å². The van der Waals surface area contributed by atoms with Crippen LogP contribution in [0.5, 0.6) is 0 Å². The van der Waals surface area contributed by atoms with Crippen LogP contribution in [0.25, 0.3) is 0 Å². The maximum Gasteiger partial charge on any atom is 0.416 e. The highest BCUT2D eigenvalue weighted by atomic mass is 35.5. The molecule has 0 N–H and O–H groups in total. The fraction of sp³-hybridized carbons (Fsp3) is 0.357. The number of halogens is 4. The second kappa shape index (κ2) is 9.73. The van der Waals surface area contributed by atoms with Gasteiger partial charge in [-0.05, 0) is 54.3 Å². The van der Waals surface area contributed by atoms with Crippen LogP contribution in [0, 0.1) is 0 Å². The van der Waals surface area contributed by atoms with E-state index in [1.807, 2.05) is 12.1 Å². The van der Waals surface area contributed by atoms with Crippen LogP contribution in [-0.4, -0.2) is 41.5 Å². The van der Waals surface area contributed by atoms with Crippen LogP contribution < -0.4 is 0 Å². The quantitative estimate of drug-likeness (QED) is 0.391. The Morgan fingerprint density at radius 2 is 1.53 bits per heavy atom. The fourth-order valence-corrected chi connectivity index (χ4v) is 5.91. The number of hydrogen-bond donors (Lipinski definition) is 0. The molecule has 2 nitrogen and oxygen atoms in total. The summed E-state index contributed by atoms with van der Waals surface area (Å²) >= 11 is 6.36. The summed E-state index contributed by atoms with van der Waals surface area (Å²) in [7, 11) is 0. The van der Waals surface area contributed by atoms with Gasteiger partial charge in [-0.2, -0.15) is 13.2 Å². The van der Waals surface area contributed by atoms with Gasteiger partial charge in [0.25, 0.3) is 0 Å². The molecular formula is C28H28ClF3N2. The number of nitrogens with zero attached hydrogens (tertiary/aromatic N) is 2. The minimum atomic E-state index is -4.38. The zero-order valence-electron chi connectivity index (χ0n) is 18.9. The average molecular weight is 485 g/mol. The maximum atomic E-state index is 13.3. The van der Waals surface area contributed by atoms with Crippen LogP contribution in [0.15, 0.2) is 78.9 Å². The minimum absolute atomic E-state index is 0.183. The third-order valence-electron chi connectivity index (χ3n) is 7.23. The Hall–Kier alpha value is -2.34. The zero-order chi connectivity index (χ0) is 23.7. The molecule has 0 amide bonds. The molecule has 2 atom stereocenters. The third-order valence-corrected chi connectivity index (χ3v) is 7.60. The van der Waals surface area contributed by atoms with Gasteiger partial charge in [0.15, 0.2) is 0 Å². The smallest absolute Gasteiger partial charge is 0.296 e. The molecular weight excluding hydrogens is 457 g/mol. The van der Waals surface area contributed by atoms with Crippen molar-refractivity contribution in [2.45, 2.75) is 43.6 Å². The molecule has 0 radical (unpaired) electrons. The lowest BCUT2D eigenvalue weighted by atomic mass is 9.82. The first-order chi connectivity index (χ1) is 16.4. The van der Waals surface area contributed by atoms with Crippen molar-refractivity contribution in [3.05, 3.63) is 106 Å². The summed E-state index contributed by atoms with van der Waals surface area (Å²) in [5.41, 5.74) is 2.43. The summed E-state index contributed by atoms with van der Waals surface area (Å²) in [5, 5.41) is 0.390. The van der Waals surface area contributed by atoms with E-state index >= 15 is 0 Å². The Morgan fingerprint density at radius 3 is 2.15 bits per heavy atom. The van der Waals surface area contributed by atoms with Gasteiger partial charge < -0.3 is 0 Å². The van der Waals surface area contributed by atoms with Gasteiger partial charge in [-0.1, -0.05) is 72.3 Å². The Morgan fingerprint density at radius 1 is 0.882 bits per heavy atom. The molecule has 34 heavy (non-hydrogen) atoms. The Kier molecular flexibility index (Phi) is 6.70. The molecule has 0 aliphatic carbocycles. The number of rotatable bonds is 5. The predicted octanol–water partition coefficient (Wildman–Crippen LogP) is 6.84. The normalized spacial score (nSPS) is 21.7. The topological polar surface area (TPSA) is 6.48 Å². The zero-order valence-corrected chi connectivity index (χ0v) is 19.6. The molecule has 6 heteroatoms. The van der Waals surface area contributed by atoms with E-state index in [2.05, 4.69) is 58.3 Å². The highest BCUT2D eigenvalue weighted by Crippen LogP contribution is 2.38. The molecule has 0 aromatic heterocycles. The lowest BCUT2D eigenvalue weighted by Crippen LogP contribution is -2.57. The van der Waals surface area contributed by atoms with E-state index in [-0.39, 0.29) is 12.0 Å². The van der Waals surface area contributed by atoms with Crippen molar-refractivity contribution in [1.29, 1.82) is 0 Å². The van der Waals surface area contributed by atoms with E-state index in [9.17, 15) is 13.2 Å². The second-order valence-corrected chi connectivity index (χ2v) is 9.81. The molecule has 2 saturated heterocycles. The molecule has 2 fully saturated rings. The number of piperazine rings is 1. The lowest BCUT2D eigenvalue weighted by molar-refractivity contribution is -0.137. The first-order valence-electron chi connectivity index (χ1n) is 11.8. The number of hydrogen-bond acceptors (Lipinski definition) is 2. The van der Waals surface area contributed by atoms with Gasteiger partial charge in [0.1, 0.15) is 0 Å². The Bertz CT molecular complexity index is 1060. The molecule has 0 saturated carbocycles. The summed E-state index contributed by atoms with van der Waals surface area (Å²) in [6.07, 6.45) is -2.12. The molecule has 2 aliphatic rings. The first kappa shape index (κ1) is 23.4. The highest BCUT2D eigenvalue weighted by Gasteiger charge is 2.42. The molecule has 2 heterocycles. The monoisotopic (exact) mass is 484 g/mol. The maximum absolute atomic E-state index is 13.3. The molecule has 2 aliphatic heterocycles. The standard InChI is InChI=1S/C28H28ClF3N2/c29-25-14-13-23(28(30,31)32)16-22(25)17-33-18-24-12-7-15-34(24)26(19-33)27(20-8-3-1-4-9-20)21-10-5-2-6-11-21/h1-6,8-11,13-14,16,24,26-27H,7,12,15,17-19H2/t24-,26-/m0/s1. The highest BCUT2D eigenvalue weighted by molar-refractivity contribution is 6.31. The number of alkyl halides is 3. The van der Waals surface area contributed by atoms with E-state index in [1.165, 1.54) is 23.3 Å². The van der Waals surface area contributed by atoms with Crippen molar-refractivity contribution in [2.24, 2.45) is 0 Å². The molecule has 5 rings (SSSR count). The van der Waals surface area contributed by atoms with Gasteiger partial charge in [0.05, 0.1) is 5.56 Å². The van der Waals surface area contributed by atoms with Crippen LogP contribution in [-0.2, 0) is 12.7 Å². The van der Waals surface area contributed by atoms with Gasteiger partial charge in [0, 0.05) is 42.7 Å². The fourth-order valence-electron chi connectivity index (χ4n) is 5.73. The molecule has 0 bridgehead atoms. The van der Waals surface area contributed by atoms with Crippen LogP contribution in [0.2, 0.25) is 5.02 Å². The van der Waals surface area contributed by atoms with Crippen LogP contribution >= 0.6 is 11.6 Å². The van der Waals surface area contributed by atoms with Gasteiger partial charge in [-0.3, -0.25) is 9.80 Å². The van der Waals surface area contributed by atoms with E-state index in [1.54, 1.807) is 0 Å². The Balaban J connectivity index is 1.48. The predicted molar refractivity (Wildman–Crippen MR) is 130 cm³/mol. The molecule has 0 spiro atoms. The van der Waals surface area contributed by atoms with Gasteiger partial charge in [0.2, 0.25) is 0 Å². The summed E-state index contributed by atoms with van der Waals surface area (Å²) in [4.78, 5) is 4.94. The largest absolute Gasteiger partial charge is 0.416 e. The molecule has 3 aromatic carbocycles. The van der Waals surface area contributed by atoms with Crippen molar-refractivity contribution in [3.8, 4) is 0 Å². The van der Waals surface area contributed by atoms with Crippen LogP contribution in [0.1, 0.15) is 41.0 Å². The van der Waals surface area contributed by atoms with E-state index in [0.717, 1.165) is 38.5 Å². The van der Waals surface area contributed by atoms with E-state index < -0.39 is 11.7 Å². The van der Waals surface area contributed by atoms with Gasteiger partial charge >= 0.3 is 6.18 Å². The third kappa shape index (κ3) is 4.88. The van der Waals surface area contributed by atoms with Crippen molar-refractivity contribution >= 4 is 11.6 Å². The number of fused-ring (bicyclic) bond motifs is 1. The summed E-state index contributed by atoms with van der Waals surface area (Å²) in [5.74, 6) is 0.183. The van der Waals surface area contributed by atoms with Crippen molar-refractivity contribution < 1.29 is 13.2 Å². The summed E-state index contributed by atoms with van der Waals surface area (Å²) in [6, 6.07) is 25.4. The lowest BCUT2D eigenvalue weighted by Gasteiger charge is -2.47. The molecule has 178 valence electrons. The van der Waals surface area contributed by atoms with E-state index in [4.69, 9.17) is 11.6 Å². The van der Waals surface area contributed by atoms with Gasteiger partial charge in [-0.25, -0.2) is 0 Å². The van der Waals surface area contributed by atoms with Crippen LogP contribution in [0.4, 0.5) is 13.2 Å². The SMILES string of the molecule is FC(F)(F)c1ccc(Cl)c(CN2C[C@@H]3CCCN3[C@H](C(c3ccccc3)c3ccccc3)C2)c1. The molecule has 3 aromatic rings. The summed E-state index contributed by atoms with van der Waals surface area (Å²) < 4.78 is 40.0. The second-order valence-electron chi connectivity index (χ2n) is 9.40. The minimum Gasteiger partial charge on any atom is -0.296 e. The van der Waals surface area contributed by atoms with Crippen molar-refractivity contribution in [2.75, 3.05) is 19.6 Å². The summed E-state index contributed by atoms with van der Waals surface area (Å²) in [6.45, 7) is 3.10. The Labute approximate surface area is 204 Å². The van der Waals surface area contributed by atoms with Crippen LogP contribution in [0.3, 0.4) is 0 Å². The molecule has 0 unspecified atom stereocenters. The average Bonchev–Trinajstić information content (AvgIpc) is 3.30.